The number of rotatable bonds is 12. The van der Waals surface area contributed by atoms with Crippen LogP contribution in [-0.4, -0.2) is 49.6 Å². The van der Waals surface area contributed by atoms with Crippen LogP contribution in [0.5, 0.6) is 17.2 Å². The van der Waals surface area contributed by atoms with Gasteiger partial charge >= 0.3 is 0 Å². The predicted molar refractivity (Wildman–Crippen MR) is 147 cm³/mol. The van der Waals surface area contributed by atoms with Crippen LogP contribution in [0.15, 0.2) is 77.3 Å². The maximum Gasteiger partial charge on any atom is 0.261 e. The molecule has 0 saturated heterocycles. The highest BCUT2D eigenvalue weighted by Crippen LogP contribution is 2.27. The van der Waals surface area contributed by atoms with E-state index in [1.165, 1.54) is 0 Å². The highest BCUT2D eigenvalue weighted by atomic mass is 79.9. The topological polar surface area (TPSA) is 77.1 Å². The fraction of sp³-hybridized carbons (Fsp3) is 0.310. The lowest BCUT2D eigenvalue weighted by atomic mass is 10.0. The molecule has 3 rings (SSSR count). The molecular weight excluding hydrogens is 536 g/mol. The summed E-state index contributed by atoms with van der Waals surface area (Å²) in [5.41, 5.74) is 1.86. The molecule has 1 atom stereocenters. The van der Waals surface area contributed by atoms with Gasteiger partial charge in [-0.05, 0) is 37.1 Å². The van der Waals surface area contributed by atoms with Crippen molar-refractivity contribution >= 4 is 27.7 Å². The molecule has 0 aromatic heterocycles. The van der Waals surface area contributed by atoms with E-state index in [4.69, 9.17) is 14.2 Å². The lowest BCUT2D eigenvalue weighted by molar-refractivity contribution is -0.143. The average molecular weight is 569 g/mol. The SMILES string of the molecule is COc1cc(OC)cc(OCC(=O)N(Cc2ccc(Br)cc2)[C@@H](Cc2ccccc2)C(=O)NC(C)C)c1. The van der Waals surface area contributed by atoms with Gasteiger partial charge in [0.1, 0.15) is 23.3 Å². The van der Waals surface area contributed by atoms with Crippen LogP contribution in [0.2, 0.25) is 0 Å². The average Bonchev–Trinajstić information content (AvgIpc) is 2.90. The molecule has 0 spiro atoms. The van der Waals surface area contributed by atoms with Gasteiger partial charge in [-0.15, -0.1) is 0 Å². The van der Waals surface area contributed by atoms with E-state index < -0.39 is 6.04 Å². The molecule has 3 aromatic rings. The zero-order chi connectivity index (χ0) is 26.8. The molecule has 37 heavy (non-hydrogen) atoms. The monoisotopic (exact) mass is 568 g/mol. The molecule has 0 unspecified atom stereocenters. The molecule has 0 bridgehead atoms. The Balaban J connectivity index is 1.91. The van der Waals surface area contributed by atoms with Crippen LogP contribution >= 0.6 is 15.9 Å². The van der Waals surface area contributed by atoms with Crippen LogP contribution in [-0.2, 0) is 22.6 Å². The first-order chi connectivity index (χ1) is 17.8. The van der Waals surface area contributed by atoms with E-state index in [2.05, 4.69) is 21.2 Å². The van der Waals surface area contributed by atoms with Crippen LogP contribution < -0.4 is 19.5 Å². The van der Waals surface area contributed by atoms with Gasteiger partial charge in [0, 0.05) is 41.7 Å². The van der Waals surface area contributed by atoms with Gasteiger partial charge in [0.05, 0.1) is 14.2 Å². The second-order valence-corrected chi connectivity index (χ2v) is 9.77. The van der Waals surface area contributed by atoms with Gasteiger partial charge in [-0.3, -0.25) is 9.59 Å². The molecule has 0 aliphatic heterocycles. The highest BCUT2D eigenvalue weighted by Gasteiger charge is 2.31. The Kier molecular flexibility index (Phi) is 10.4. The molecule has 7 nitrogen and oxygen atoms in total. The lowest BCUT2D eigenvalue weighted by Gasteiger charge is -2.32. The van der Waals surface area contributed by atoms with Gasteiger partial charge in [0.2, 0.25) is 5.91 Å². The van der Waals surface area contributed by atoms with Crippen molar-refractivity contribution in [3.05, 3.63) is 88.4 Å². The third kappa shape index (κ3) is 8.53. The summed E-state index contributed by atoms with van der Waals surface area (Å²) in [4.78, 5) is 28.7. The van der Waals surface area contributed by atoms with Crippen molar-refractivity contribution in [2.45, 2.75) is 38.9 Å². The molecule has 0 aliphatic carbocycles. The summed E-state index contributed by atoms with van der Waals surface area (Å²) < 4.78 is 17.4. The summed E-state index contributed by atoms with van der Waals surface area (Å²) >= 11 is 3.45. The maximum absolute atomic E-state index is 13.7. The number of ether oxygens (including phenoxy) is 3. The van der Waals surface area contributed by atoms with E-state index in [-0.39, 0.29) is 31.0 Å². The molecule has 8 heteroatoms. The Morgan fingerprint density at radius 1 is 0.865 bits per heavy atom. The number of carbonyl (C=O) groups is 2. The first-order valence-corrected chi connectivity index (χ1v) is 12.8. The number of benzene rings is 3. The van der Waals surface area contributed by atoms with E-state index in [9.17, 15) is 9.59 Å². The first-order valence-electron chi connectivity index (χ1n) is 12.0. The van der Waals surface area contributed by atoms with Crippen molar-refractivity contribution < 1.29 is 23.8 Å². The van der Waals surface area contributed by atoms with E-state index in [0.717, 1.165) is 15.6 Å². The van der Waals surface area contributed by atoms with Crippen LogP contribution in [0.25, 0.3) is 0 Å². The van der Waals surface area contributed by atoms with E-state index in [1.54, 1.807) is 37.3 Å². The largest absolute Gasteiger partial charge is 0.496 e. The predicted octanol–water partition coefficient (Wildman–Crippen LogP) is 5.01. The first kappa shape index (κ1) is 28.1. The second-order valence-electron chi connectivity index (χ2n) is 8.85. The fourth-order valence-corrected chi connectivity index (χ4v) is 4.08. The van der Waals surface area contributed by atoms with E-state index in [0.29, 0.717) is 23.7 Å². The Hall–Kier alpha value is -3.52. The highest BCUT2D eigenvalue weighted by molar-refractivity contribution is 9.10. The number of methoxy groups -OCH3 is 2. The van der Waals surface area contributed by atoms with Crippen molar-refractivity contribution in [3.63, 3.8) is 0 Å². The van der Waals surface area contributed by atoms with Gasteiger partial charge in [0.25, 0.3) is 5.91 Å². The van der Waals surface area contributed by atoms with Gasteiger partial charge in [0.15, 0.2) is 6.61 Å². The third-order valence-corrected chi connectivity index (χ3v) is 6.18. The van der Waals surface area contributed by atoms with Crippen molar-refractivity contribution in [3.8, 4) is 17.2 Å². The Labute approximate surface area is 226 Å². The molecule has 0 heterocycles. The molecule has 0 aliphatic rings. The second kappa shape index (κ2) is 13.7. The van der Waals surface area contributed by atoms with Crippen molar-refractivity contribution in [1.29, 1.82) is 0 Å². The number of nitrogens with zero attached hydrogens (tertiary/aromatic N) is 1. The summed E-state index contributed by atoms with van der Waals surface area (Å²) in [6.45, 7) is 3.79. The molecule has 0 radical (unpaired) electrons. The van der Waals surface area contributed by atoms with Gasteiger partial charge in [-0.25, -0.2) is 0 Å². The van der Waals surface area contributed by atoms with Crippen molar-refractivity contribution in [2.75, 3.05) is 20.8 Å². The van der Waals surface area contributed by atoms with Gasteiger partial charge in [-0.1, -0.05) is 58.4 Å². The van der Waals surface area contributed by atoms with E-state index >= 15 is 0 Å². The summed E-state index contributed by atoms with van der Waals surface area (Å²) in [6.07, 6.45) is 0.370. The minimum absolute atomic E-state index is 0.0732. The normalized spacial score (nSPS) is 11.5. The van der Waals surface area contributed by atoms with Crippen LogP contribution in [0.4, 0.5) is 0 Å². The number of amides is 2. The quantitative estimate of drug-likeness (QED) is 0.332. The molecule has 2 amide bonds. The summed E-state index contributed by atoms with van der Waals surface area (Å²) in [7, 11) is 3.09. The standard InChI is InChI=1S/C29H33BrN2O5/c1-20(2)31-29(34)27(14-21-8-6-5-7-9-21)32(18-22-10-12-23(30)13-11-22)28(33)19-37-26-16-24(35-3)15-25(17-26)36-4/h5-13,15-17,20,27H,14,18-19H2,1-4H3,(H,31,34)/t27-/m0/s1. The van der Waals surface area contributed by atoms with Gasteiger partial charge < -0.3 is 24.4 Å². The zero-order valence-electron chi connectivity index (χ0n) is 21.6. The number of halogens is 1. The lowest BCUT2D eigenvalue weighted by Crippen LogP contribution is -2.52. The zero-order valence-corrected chi connectivity index (χ0v) is 23.2. The molecule has 196 valence electrons. The van der Waals surface area contributed by atoms with Crippen molar-refractivity contribution in [2.24, 2.45) is 0 Å². The number of hydrogen-bond donors (Lipinski definition) is 1. The number of nitrogens with one attached hydrogen (secondary N) is 1. The van der Waals surface area contributed by atoms with Gasteiger partial charge in [-0.2, -0.15) is 0 Å². The molecule has 3 aromatic carbocycles. The summed E-state index contributed by atoms with van der Waals surface area (Å²) in [5.74, 6) is 0.995. The molecule has 1 N–H and O–H groups in total. The molecule has 0 fully saturated rings. The maximum atomic E-state index is 13.7. The summed E-state index contributed by atoms with van der Waals surface area (Å²) in [5, 5.41) is 2.98. The van der Waals surface area contributed by atoms with Crippen LogP contribution in [0.1, 0.15) is 25.0 Å². The minimum Gasteiger partial charge on any atom is -0.496 e. The smallest absolute Gasteiger partial charge is 0.261 e. The number of carbonyl (C=O) groups excluding carboxylic acids is 2. The summed E-state index contributed by atoms with van der Waals surface area (Å²) in [6, 6.07) is 21.6. The number of hydrogen-bond acceptors (Lipinski definition) is 5. The minimum atomic E-state index is -0.732. The third-order valence-electron chi connectivity index (χ3n) is 5.66. The Morgan fingerprint density at radius 2 is 1.46 bits per heavy atom. The molecule has 0 saturated carbocycles. The van der Waals surface area contributed by atoms with Crippen LogP contribution in [0, 0.1) is 0 Å². The molecular formula is C29H33BrN2O5. The van der Waals surface area contributed by atoms with Crippen molar-refractivity contribution in [1.82, 2.24) is 10.2 Å². The fourth-order valence-electron chi connectivity index (χ4n) is 3.81. The van der Waals surface area contributed by atoms with Crippen LogP contribution in [0.3, 0.4) is 0 Å². The Bertz CT molecular complexity index is 1150. The Morgan fingerprint density at radius 3 is 2.03 bits per heavy atom. The van der Waals surface area contributed by atoms with E-state index in [1.807, 2.05) is 68.4 Å².